The molecule has 0 saturated heterocycles. The Bertz CT molecular complexity index is 581. The van der Waals surface area contributed by atoms with Gasteiger partial charge in [-0.3, -0.25) is 0 Å². The zero-order chi connectivity index (χ0) is 13.9. The van der Waals surface area contributed by atoms with E-state index in [1.807, 2.05) is 30.0 Å². The van der Waals surface area contributed by atoms with Crippen LogP contribution in [0.4, 0.5) is 0 Å². The largest absolute Gasteiger partial charge is 0.497 e. The Labute approximate surface area is 124 Å². The van der Waals surface area contributed by atoms with Crippen molar-refractivity contribution in [3.05, 3.63) is 30.0 Å². The zero-order valence-corrected chi connectivity index (χ0v) is 12.8. The summed E-state index contributed by atoms with van der Waals surface area (Å²) in [5.74, 6) is 1.87. The predicted molar refractivity (Wildman–Crippen MR) is 84.5 cm³/mol. The smallest absolute Gasteiger partial charge is 0.134 e. The molecule has 1 N–H and O–H groups in total. The summed E-state index contributed by atoms with van der Waals surface area (Å²) < 4.78 is 11.1. The van der Waals surface area contributed by atoms with E-state index in [4.69, 9.17) is 9.15 Å². The van der Waals surface area contributed by atoms with Crippen molar-refractivity contribution in [2.75, 3.05) is 13.4 Å². The molecule has 0 spiro atoms. The molecule has 20 heavy (non-hydrogen) atoms. The minimum atomic E-state index is 0.634. The van der Waals surface area contributed by atoms with Crippen LogP contribution in [-0.4, -0.2) is 24.7 Å². The van der Waals surface area contributed by atoms with Gasteiger partial charge in [0.05, 0.1) is 13.7 Å². The molecule has 0 bridgehead atoms. The lowest BCUT2D eigenvalue weighted by atomic mass is 10.2. The summed E-state index contributed by atoms with van der Waals surface area (Å²) >= 11 is 1.99. The van der Waals surface area contributed by atoms with E-state index in [2.05, 4.69) is 17.6 Å². The highest BCUT2D eigenvalue weighted by molar-refractivity contribution is 7.99. The lowest BCUT2D eigenvalue weighted by molar-refractivity contribution is 0.415. The molecule has 2 aromatic rings. The molecule has 1 saturated carbocycles. The molecule has 1 fully saturated rings. The van der Waals surface area contributed by atoms with Gasteiger partial charge in [-0.25, -0.2) is 0 Å². The van der Waals surface area contributed by atoms with Gasteiger partial charge in [-0.1, -0.05) is 0 Å². The number of furan rings is 1. The number of thioether (sulfide) groups is 1. The van der Waals surface area contributed by atoms with Crippen LogP contribution >= 0.6 is 11.8 Å². The molecule has 0 radical (unpaired) electrons. The van der Waals surface area contributed by atoms with E-state index in [1.165, 1.54) is 19.3 Å². The number of rotatable bonds is 5. The van der Waals surface area contributed by atoms with Gasteiger partial charge in [0, 0.05) is 16.7 Å². The number of benzene rings is 1. The van der Waals surface area contributed by atoms with E-state index in [-0.39, 0.29) is 0 Å². The van der Waals surface area contributed by atoms with Crippen LogP contribution in [0.2, 0.25) is 0 Å². The van der Waals surface area contributed by atoms with Gasteiger partial charge in [-0.2, -0.15) is 11.8 Å². The van der Waals surface area contributed by atoms with Crippen molar-refractivity contribution in [2.24, 2.45) is 0 Å². The van der Waals surface area contributed by atoms with Gasteiger partial charge in [0.1, 0.15) is 17.1 Å². The number of ether oxygens (including phenoxy) is 1. The number of hydrogen-bond acceptors (Lipinski definition) is 4. The van der Waals surface area contributed by atoms with E-state index in [9.17, 15) is 0 Å². The van der Waals surface area contributed by atoms with Gasteiger partial charge in [0.15, 0.2) is 0 Å². The second kappa shape index (κ2) is 6.10. The van der Waals surface area contributed by atoms with Crippen molar-refractivity contribution in [3.63, 3.8) is 0 Å². The lowest BCUT2D eigenvalue weighted by Gasteiger charge is -2.11. The SMILES string of the molecule is COc1ccc2oc(CNC3CCC(SC)C3)cc2c1. The van der Waals surface area contributed by atoms with Gasteiger partial charge in [0.25, 0.3) is 0 Å². The fourth-order valence-electron chi connectivity index (χ4n) is 2.88. The highest BCUT2D eigenvalue weighted by Gasteiger charge is 2.23. The molecule has 1 aliphatic rings. The zero-order valence-electron chi connectivity index (χ0n) is 12.0. The maximum Gasteiger partial charge on any atom is 0.134 e. The third-order valence-electron chi connectivity index (χ3n) is 4.06. The average Bonchev–Trinajstić information content (AvgIpc) is 3.10. The van der Waals surface area contributed by atoms with Crippen molar-refractivity contribution in [3.8, 4) is 5.75 Å². The molecule has 3 rings (SSSR count). The van der Waals surface area contributed by atoms with E-state index >= 15 is 0 Å². The Morgan fingerprint density at radius 1 is 1.35 bits per heavy atom. The van der Waals surface area contributed by atoms with E-state index < -0.39 is 0 Å². The monoisotopic (exact) mass is 291 g/mol. The number of methoxy groups -OCH3 is 1. The van der Waals surface area contributed by atoms with Gasteiger partial charge in [0.2, 0.25) is 0 Å². The maximum atomic E-state index is 5.86. The van der Waals surface area contributed by atoms with Crippen molar-refractivity contribution in [1.82, 2.24) is 5.32 Å². The second-order valence-corrected chi connectivity index (χ2v) is 6.50. The molecular formula is C16H21NO2S. The van der Waals surface area contributed by atoms with Crippen LogP contribution in [0.25, 0.3) is 11.0 Å². The molecule has 1 aliphatic carbocycles. The molecule has 108 valence electrons. The van der Waals surface area contributed by atoms with E-state index in [1.54, 1.807) is 7.11 Å². The second-order valence-electron chi connectivity index (χ2n) is 5.37. The Hall–Kier alpha value is -1.13. The van der Waals surface area contributed by atoms with Gasteiger partial charge >= 0.3 is 0 Å². The van der Waals surface area contributed by atoms with Crippen LogP contribution in [0.1, 0.15) is 25.0 Å². The average molecular weight is 291 g/mol. The number of nitrogens with one attached hydrogen (secondary N) is 1. The summed E-state index contributed by atoms with van der Waals surface area (Å²) in [6.45, 7) is 0.808. The molecule has 1 aromatic heterocycles. The van der Waals surface area contributed by atoms with Gasteiger partial charge in [-0.15, -0.1) is 0 Å². The van der Waals surface area contributed by atoms with Gasteiger partial charge in [-0.05, 0) is 49.8 Å². The standard InChI is InChI=1S/C16H21NO2S/c1-18-13-4-6-16-11(7-13)8-14(19-16)10-17-12-3-5-15(9-12)20-2/h4,6-8,12,15,17H,3,5,9-10H2,1-2H3. The first-order valence-electron chi connectivity index (χ1n) is 7.11. The molecule has 2 unspecified atom stereocenters. The van der Waals surface area contributed by atoms with E-state index in [0.29, 0.717) is 6.04 Å². The van der Waals surface area contributed by atoms with E-state index in [0.717, 1.165) is 34.3 Å². The summed E-state index contributed by atoms with van der Waals surface area (Å²) in [6, 6.07) is 8.66. The van der Waals surface area contributed by atoms with Crippen LogP contribution in [0.5, 0.6) is 5.75 Å². The summed E-state index contributed by atoms with van der Waals surface area (Å²) in [6.07, 6.45) is 6.09. The third-order valence-corrected chi connectivity index (χ3v) is 5.15. The van der Waals surface area contributed by atoms with Crippen LogP contribution in [0, 0.1) is 0 Å². The molecular weight excluding hydrogens is 270 g/mol. The van der Waals surface area contributed by atoms with Crippen LogP contribution in [-0.2, 0) is 6.54 Å². The highest BCUT2D eigenvalue weighted by atomic mass is 32.2. The summed E-state index contributed by atoms with van der Waals surface area (Å²) in [5.41, 5.74) is 0.927. The normalized spacial score (nSPS) is 22.5. The lowest BCUT2D eigenvalue weighted by Crippen LogP contribution is -2.25. The Kier molecular flexibility index (Phi) is 4.22. The first-order chi connectivity index (χ1) is 9.78. The molecule has 1 aromatic carbocycles. The molecule has 1 heterocycles. The van der Waals surface area contributed by atoms with Crippen LogP contribution in [0.15, 0.2) is 28.7 Å². The predicted octanol–water partition coefficient (Wildman–Crippen LogP) is 3.82. The first-order valence-corrected chi connectivity index (χ1v) is 8.40. The highest BCUT2D eigenvalue weighted by Crippen LogP contribution is 2.29. The Balaban J connectivity index is 1.63. The van der Waals surface area contributed by atoms with Crippen molar-refractivity contribution < 1.29 is 9.15 Å². The minimum Gasteiger partial charge on any atom is -0.497 e. The molecule has 2 atom stereocenters. The minimum absolute atomic E-state index is 0.634. The van der Waals surface area contributed by atoms with Crippen molar-refractivity contribution in [2.45, 2.75) is 37.1 Å². The number of fused-ring (bicyclic) bond motifs is 1. The summed E-state index contributed by atoms with van der Waals surface area (Å²) in [7, 11) is 1.69. The number of hydrogen-bond donors (Lipinski definition) is 1. The molecule has 3 nitrogen and oxygen atoms in total. The van der Waals surface area contributed by atoms with Crippen LogP contribution < -0.4 is 10.1 Å². The maximum absolute atomic E-state index is 5.86. The molecule has 0 amide bonds. The Morgan fingerprint density at radius 3 is 3.00 bits per heavy atom. The van der Waals surface area contributed by atoms with Crippen molar-refractivity contribution in [1.29, 1.82) is 0 Å². The summed E-state index contributed by atoms with van der Waals surface area (Å²) in [5, 5.41) is 5.55. The molecule has 0 aliphatic heterocycles. The third kappa shape index (κ3) is 2.96. The Morgan fingerprint density at radius 2 is 2.25 bits per heavy atom. The fraction of sp³-hybridized carbons (Fsp3) is 0.500. The van der Waals surface area contributed by atoms with Gasteiger partial charge < -0.3 is 14.5 Å². The first kappa shape index (κ1) is 13.8. The quantitative estimate of drug-likeness (QED) is 0.908. The summed E-state index contributed by atoms with van der Waals surface area (Å²) in [4.78, 5) is 0. The van der Waals surface area contributed by atoms with Crippen LogP contribution in [0.3, 0.4) is 0 Å². The van der Waals surface area contributed by atoms with Crippen molar-refractivity contribution >= 4 is 22.7 Å². The fourth-order valence-corrected chi connectivity index (χ4v) is 3.67. The molecule has 4 heteroatoms. The topological polar surface area (TPSA) is 34.4 Å².